The Labute approximate surface area is 144 Å². The maximum Gasteiger partial charge on any atom is 0.220 e. The Kier molecular flexibility index (Phi) is 5.14. The van der Waals surface area contributed by atoms with E-state index in [-0.39, 0.29) is 11.9 Å². The van der Waals surface area contributed by atoms with E-state index in [0.29, 0.717) is 0 Å². The Balaban J connectivity index is 1.85. The van der Waals surface area contributed by atoms with Crippen LogP contribution in [0, 0.1) is 0 Å². The first-order valence-corrected chi connectivity index (χ1v) is 8.70. The molecule has 1 aromatic carbocycles. The van der Waals surface area contributed by atoms with Gasteiger partial charge in [0.25, 0.3) is 0 Å². The van der Waals surface area contributed by atoms with Crippen molar-refractivity contribution in [1.82, 2.24) is 9.88 Å². The number of carbonyl (C=O) groups excluding carboxylic acids is 1. The van der Waals surface area contributed by atoms with E-state index >= 15 is 0 Å². The summed E-state index contributed by atoms with van der Waals surface area (Å²) in [5, 5.41) is 0. The number of hydrogen-bond donors (Lipinski definition) is 0. The van der Waals surface area contributed by atoms with Crippen LogP contribution in [0.5, 0.6) is 0 Å². The fraction of sp³-hybridized carbons (Fsp3) is 0.400. The summed E-state index contributed by atoms with van der Waals surface area (Å²) in [6, 6.07) is 12.8. The summed E-state index contributed by atoms with van der Waals surface area (Å²) in [5.41, 5.74) is 3.72. The number of rotatable bonds is 4. The highest BCUT2D eigenvalue weighted by Gasteiger charge is 2.30. The molecular formula is C20H25N3O. The van der Waals surface area contributed by atoms with Crippen LogP contribution < -0.4 is 4.90 Å². The molecule has 4 heteroatoms. The molecular weight excluding hydrogens is 298 g/mol. The minimum absolute atomic E-state index is 0.0554. The lowest BCUT2D eigenvalue weighted by molar-refractivity contribution is -0.131. The number of aromatic nitrogens is 1. The third-order valence-corrected chi connectivity index (χ3v) is 4.67. The van der Waals surface area contributed by atoms with Gasteiger partial charge in [-0.1, -0.05) is 31.5 Å². The SMILES string of the molecule is CCCc1cccc(N2CCN(C(C)=O)C(c3cccnc3)C2)c1. The van der Waals surface area contributed by atoms with Crippen LogP contribution in [0.25, 0.3) is 0 Å². The number of amides is 1. The first-order chi connectivity index (χ1) is 11.7. The summed E-state index contributed by atoms with van der Waals surface area (Å²) in [5.74, 6) is 0.128. The Morgan fingerprint density at radius 2 is 2.12 bits per heavy atom. The smallest absolute Gasteiger partial charge is 0.220 e. The molecule has 0 saturated carbocycles. The molecule has 4 nitrogen and oxygen atoms in total. The number of nitrogens with zero attached hydrogens (tertiary/aromatic N) is 3. The van der Waals surface area contributed by atoms with Crippen molar-refractivity contribution < 1.29 is 4.79 Å². The van der Waals surface area contributed by atoms with Crippen molar-refractivity contribution in [3.63, 3.8) is 0 Å². The normalized spacial score (nSPS) is 17.8. The summed E-state index contributed by atoms with van der Waals surface area (Å²) in [6.07, 6.45) is 5.90. The van der Waals surface area contributed by atoms with Gasteiger partial charge in [-0.2, -0.15) is 0 Å². The molecule has 1 aliphatic heterocycles. The molecule has 0 aliphatic carbocycles. The molecule has 2 aromatic rings. The van der Waals surface area contributed by atoms with Crippen LogP contribution in [0.1, 0.15) is 37.4 Å². The van der Waals surface area contributed by atoms with Gasteiger partial charge >= 0.3 is 0 Å². The van der Waals surface area contributed by atoms with Crippen molar-refractivity contribution in [2.45, 2.75) is 32.7 Å². The van der Waals surface area contributed by atoms with Gasteiger partial charge in [-0.15, -0.1) is 0 Å². The summed E-state index contributed by atoms with van der Waals surface area (Å²) in [7, 11) is 0. The number of benzene rings is 1. The highest BCUT2D eigenvalue weighted by molar-refractivity contribution is 5.74. The van der Waals surface area contributed by atoms with E-state index in [2.05, 4.69) is 47.1 Å². The van der Waals surface area contributed by atoms with Gasteiger partial charge in [0.1, 0.15) is 0 Å². The second kappa shape index (κ2) is 7.47. The second-order valence-electron chi connectivity index (χ2n) is 6.38. The van der Waals surface area contributed by atoms with Crippen LogP contribution in [0.4, 0.5) is 5.69 Å². The summed E-state index contributed by atoms with van der Waals surface area (Å²) in [4.78, 5) is 20.6. The Morgan fingerprint density at radius 3 is 2.83 bits per heavy atom. The van der Waals surface area contributed by atoms with E-state index < -0.39 is 0 Å². The van der Waals surface area contributed by atoms with Crippen molar-refractivity contribution in [3.05, 3.63) is 59.9 Å². The minimum Gasteiger partial charge on any atom is -0.367 e. The van der Waals surface area contributed by atoms with Crippen LogP contribution in [-0.4, -0.2) is 35.4 Å². The number of aryl methyl sites for hydroxylation is 1. The van der Waals surface area contributed by atoms with Crippen LogP contribution in [0.2, 0.25) is 0 Å². The molecule has 1 amide bonds. The molecule has 0 bridgehead atoms. The Morgan fingerprint density at radius 1 is 1.25 bits per heavy atom. The topological polar surface area (TPSA) is 36.4 Å². The van der Waals surface area contributed by atoms with Gasteiger partial charge in [0.15, 0.2) is 0 Å². The fourth-order valence-corrected chi connectivity index (χ4v) is 3.45. The molecule has 0 N–H and O–H groups in total. The fourth-order valence-electron chi connectivity index (χ4n) is 3.45. The molecule has 126 valence electrons. The van der Waals surface area contributed by atoms with Gasteiger partial charge in [-0.3, -0.25) is 9.78 Å². The van der Waals surface area contributed by atoms with E-state index in [1.165, 1.54) is 11.3 Å². The number of piperazine rings is 1. The molecule has 1 unspecified atom stereocenters. The lowest BCUT2D eigenvalue weighted by atomic mass is 10.0. The monoisotopic (exact) mass is 323 g/mol. The van der Waals surface area contributed by atoms with Gasteiger partial charge in [0.05, 0.1) is 6.04 Å². The molecule has 1 saturated heterocycles. The summed E-state index contributed by atoms with van der Waals surface area (Å²) in [6.45, 7) is 6.28. The average Bonchev–Trinajstić information content (AvgIpc) is 2.62. The number of anilines is 1. The molecule has 1 aromatic heterocycles. The van der Waals surface area contributed by atoms with Gasteiger partial charge in [0, 0.05) is 44.6 Å². The highest BCUT2D eigenvalue weighted by atomic mass is 16.2. The first kappa shape index (κ1) is 16.5. The molecule has 0 radical (unpaired) electrons. The summed E-state index contributed by atoms with van der Waals surface area (Å²) < 4.78 is 0. The van der Waals surface area contributed by atoms with E-state index in [9.17, 15) is 4.79 Å². The Hall–Kier alpha value is -2.36. The third kappa shape index (κ3) is 3.58. The van der Waals surface area contributed by atoms with E-state index in [4.69, 9.17) is 0 Å². The second-order valence-corrected chi connectivity index (χ2v) is 6.38. The molecule has 1 fully saturated rings. The standard InChI is InChI=1S/C20H25N3O/c1-3-6-17-7-4-9-19(13-17)22-11-12-23(16(2)24)20(15-22)18-8-5-10-21-14-18/h4-5,7-10,13-14,20H,3,6,11-12,15H2,1-2H3. The summed E-state index contributed by atoms with van der Waals surface area (Å²) >= 11 is 0. The molecule has 3 rings (SSSR count). The van der Waals surface area contributed by atoms with E-state index in [1.807, 2.05) is 17.2 Å². The number of carbonyl (C=O) groups is 1. The molecule has 24 heavy (non-hydrogen) atoms. The predicted molar refractivity (Wildman–Crippen MR) is 97.0 cm³/mol. The van der Waals surface area contributed by atoms with Crippen molar-refractivity contribution in [2.24, 2.45) is 0 Å². The van der Waals surface area contributed by atoms with Gasteiger partial charge < -0.3 is 9.80 Å². The van der Waals surface area contributed by atoms with Crippen LogP contribution in [-0.2, 0) is 11.2 Å². The number of hydrogen-bond acceptors (Lipinski definition) is 3. The van der Waals surface area contributed by atoms with E-state index in [0.717, 1.165) is 38.0 Å². The quantitative estimate of drug-likeness (QED) is 0.865. The maximum atomic E-state index is 12.1. The average molecular weight is 323 g/mol. The van der Waals surface area contributed by atoms with Crippen molar-refractivity contribution in [1.29, 1.82) is 0 Å². The van der Waals surface area contributed by atoms with Crippen molar-refractivity contribution in [2.75, 3.05) is 24.5 Å². The minimum atomic E-state index is 0.0554. The van der Waals surface area contributed by atoms with Crippen LogP contribution in [0.15, 0.2) is 48.8 Å². The molecule has 1 aliphatic rings. The largest absolute Gasteiger partial charge is 0.367 e. The highest BCUT2D eigenvalue weighted by Crippen LogP contribution is 2.28. The van der Waals surface area contributed by atoms with Crippen molar-refractivity contribution >= 4 is 11.6 Å². The zero-order valence-corrected chi connectivity index (χ0v) is 14.5. The number of pyridine rings is 1. The molecule has 0 spiro atoms. The predicted octanol–water partition coefficient (Wildman–Crippen LogP) is 3.44. The van der Waals surface area contributed by atoms with Gasteiger partial charge in [-0.05, 0) is 35.7 Å². The lowest BCUT2D eigenvalue weighted by Crippen LogP contribution is -2.50. The van der Waals surface area contributed by atoms with Gasteiger partial charge in [-0.25, -0.2) is 0 Å². The zero-order valence-electron chi connectivity index (χ0n) is 14.5. The molecule has 1 atom stereocenters. The maximum absolute atomic E-state index is 12.1. The first-order valence-electron chi connectivity index (χ1n) is 8.70. The van der Waals surface area contributed by atoms with Crippen LogP contribution >= 0.6 is 0 Å². The third-order valence-electron chi connectivity index (χ3n) is 4.67. The molecule has 2 heterocycles. The van der Waals surface area contributed by atoms with Crippen molar-refractivity contribution in [3.8, 4) is 0 Å². The van der Waals surface area contributed by atoms with E-state index in [1.54, 1.807) is 13.1 Å². The Bertz CT molecular complexity index is 686. The van der Waals surface area contributed by atoms with Crippen LogP contribution in [0.3, 0.4) is 0 Å². The zero-order chi connectivity index (χ0) is 16.9. The lowest BCUT2D eigenvalue weighted by Gasteiger charge is -2.42. The van der Waals surface area contributed by atoms with Gasteiger partial charge in [0.2, 0.25) is 5.91 Å².